The third-order valence-corrected chi connectivity index (χ3v) is 5.69. The average molecular weight is 344 g/mol. The minimum Gasteiger partial charge on any atom is -0.354 e. The zero-order valence-electron chi connectivity index (χ0n) is 13.6. The van der Waals surface area contributed by atoms with E-state index in [9.17, 15) is 0 Å². The summed E-state index contributed by atoms with van der Waals surface area (Å²) in [5, 5.41) is 11.5. The fourth-order valence-electron chi connectivity index (χ4n) is 3.14. The zero-order valence-corrected chi connectivity index (χ0v) is 14.4. The van der Waals surface area contributed by atoms with E-state index < -0.39 is 0 Å². The Labute approximate surface area is 149 Å². The number of anilines is 1. The zero-order chi connectivity index (χ0) is 16.6. The number of aromatic nitrogens is 3. The molecule has 1 fully saturated rings. The topological polar surface area (TPSA) is 41.9 Å². The van der Waals surface area contributed by atoms with E-state index >= 15 is 0 Å². The second-order valence-electron chi connectivity index (χ2n) is 6.14. The molecular weight excluding hydrogens is 328 g/mol. The second kappa shape index (κ2) is 5.93. The summed E-state index contributed by atoms with van der Waals surface area (Å²) in [5.74, 6) is 1.01. The van der Waals surface area contributed by atoms with Crippen molar-refractivity contribution >= 4 is 27.9 Å². The smallest absolute Gasteiger partial charge is 0.159 e. The lowest BCUT2D eigenvalue weighted by Gasteiger charge is -2.32. The number of rotatable bonds is 3. The predicted octanol–water partition coefficient (Wildman–Crippen LogP) is 4.63. The lowest BCUT2D eigenvalue weighted by atomic mass is 10.1. The summed E-state index contributed by atoms with van der Waals surface area (Å²) in [6.45, 7) is 2.14. The molecule has 0 unspecified atom stereocenters. The van der Waals surface area contributed by atoms with E-state index in [0.717, 1.165) is 45.4 Å². The van der Waals surface area contributed by atoms with Gasteiger partial charge in [0.1, 0.15) is 5.69 Å². The van der Waals surface area contributed by atoms with Gasteiger partial charge >= 0.3 is 0 Å². The van der Waals surface area contributed by atoms with Crippen LogP contribution in [0.5, 0.6) is 0 Å². The van der Waals surface area contributed by atoms with Gasteiger partial charge < -0.3 is 4.90 Å². The fraction of sp³-hybridized carbons (Fsp3) is 0.150. The van der Waals surface area contributed by atoms with Crippen molar-refractivity contribution in [3.8, 4) is 21.1 Å². The first-order chi connectivity index (χ1) is 12.4. The number of fused-ring (bicyclic) bond motifs is 1. The first-order valence-electron chi connectivity index (χ1n) is 8.42. The van der Waals surface area contributed by atoms with Crippen molar-refractivity contribution in [2.75, 3.05) is 18.0 Å². The highest BCUT2D eigenvalue weighted by Crippen LogP contribution is 2.37. The lowest BCUT2D eigenvalue weighted by Crippen LogP contribution is -2.37. The van der Waals surface area contributed by atoms with Crippen LogP contribution in [0, 0.1) is 0 Å². The molecule has 4 nitrogen and oxygen atoms in total. The maximum Gasteiger partial charge on any atom is 0.159 e. The molecule has 0 N–H and O–H groups in total. The molecule has 25 heavy (non-hydrogen) atoms. The van der Waals surface area contributed by atoms with Crippen LogP contribution in [0.1, 0.15) is 6.42 Å². The van der Waals surface area contributed by atoms with Crippen LogP contribution < -0.4 is 4.90 Å². The molecule has 1 saturated heterocycles. The largest absolute Gasteiger partial charge is 0.354 e. The number of nitrogens with zero attached hydrogens (tertiary/aromatic N) is 4. The SMILES string of the molecule is c1ccc(-c2ccc(-c3nnc(N4CCC4)c4ccccc34)s2)nc1. The van der Waals surface area contributed by atoms with Crippen molar-refractivity contribution in [3.63, 3.8) is 0 Å². The van der Waals surface area contributed by atoms with E-state index in [1.165, 1.54) is 11.8 Å². The number of thiophene rings is 1. The Hall–Kier alpha value is -2.79. The highest BCUT2D eigenvalue weighted by molar-refractivity contribution is 7.18. The van der Waals surface area contributed by atoms with Gasteiger partial charge in [0.05, 0.1) is 15.4 Å². The van der Waals surface area contributed by atoms with E-state index in [4.69, 9.17) is 0 Å². The van der Waals surface area contributed by atoms with Gasteiger partial charge in [-0.05, 0) is 30.7 Å². The van der Waals surface area contributed by atoms with E-state index in [-0.39, 0.29) is 0 Å². The first-order valence-corrected chi connectivity index (χ1v) is 9.24. The number of hydrogen-bond donors (Lipinski definition) is 0. The summed E-state index contributed by atoms with van der Waals surface area (Å²) in [4.78, 5) is 9.01. The molecule has 0 bridgehead atoms. The van der Waals surface area contributed by atoms with Crippen LogP contribution in [-0.4, -0.2) is 28.3 Å². The molecule has 4 aromatic rings. The minimum absolute atomic E-state index is 0.951. The summed E-state index contributed by atoms with van der Waals surface area (Å²) in [6, 6.07) is 18.6. The van der Waals surface area contributed by atoms with Crippen LogP contribution >= 0.6 is 11.3 Å². The monoisotopic (exact) mass is 344 g/mol. The standard InChI is InChI=1S/C20H16N4S/c1-2-7-15-14(6-1)19(22-23-20(15)24-12-5-13-24)18-10-9-17(25-18)16-8-3-4-11-21-16/h1-4,6-11H,5,12-13H2. The van der Waals surface area contributed by atoms with Gasteiger partial charge in [-0.3, -0.25) is 4.98 Å². The minimum atomic E-state index is 0.951. The van der Waals surface area contributed by atoms with E-state index in [1.807, 2.05) is 24.4 Å². The summed E-state index contributed by atoms with van der Waals surface area (Å²) in [7, 11) is 0. The quantitative estimate of drug-likeness (QED) is 0.543. The molecule has 3 aromatic heterocycles. The van der Waals surface area contributed by atoms with Crippen molar-refractivity contribution in [3.05, 3.63) is 60.8 Å². The van der Waals surface area contributed by atoms with Gasteiger partial charge in [0.25, 0.3) is 0 Å². The average Bonchev–Trinajstić information content (AvgIpc) is 3.11. The van der Waals surface area contributed by atoms with Gasteiger partial charge in [-0.2, -0.15) is 0 Å². The molecule has 4 heterocycles. The van der Waals surface area contributed by atoms with Crippen LogP contribution in [0.15, 0.2) is 60.8 Å². The Morgan fingerprint density at radius 3 is 2.36 bits per heavy atom. The normalized spacial score (nSPS) is 13.8. The Kier molecular flexibility index (Phi) is 3.45. The number of benzene rings is 1. The Balaban J connectivity index is 1.63. The van der Waals surface area contributed by atoms with Crippen molar-refractivity contribution in [2.24, 2.45) is 0 Å². The molecule has 1 aliphatic rings. The molecule has 0 spiro atoms. The molecule has 0 radical (unpaired) electrons. The van der Waals surface area contributed by atoms with Crippen LogP contribution in [-0.2, 0) is 0 Å². The van der Waals surface area contributed by atoms with E-state index in [2.05, 4.69) is 56.5 Å². The molecular formula is C20H16N4S. The van der Waals surface area contributed by atoms with Crippen LogP contribution in [0.4, 0.5) is 5.82 Å². The van der Waals surface area contributed by atoms with E-state index in [1.54, 1.807) is 11.3 Å². The van der Waals surface area contributed by atoms with Crippen molar-refractivity contribution in [2.45, 2.75) is 6.42 Å². The number of hydrogen-bond acceptors (Lipinski definition) is 5. The van der Waals surface area contributed by atoms with Crippen LogP contribution in [0.25, 0.3) is 31.9 Å². The maximum atomic E-state index is 4.59. The molecule has 0 saturated carbocycles. The molecule has 0 aliphatic carbocycles. The third-order valence-electron chi connectivity index (χ3n) is 4.58. The van der Waals surface area contributed by atoms with Gasteiger partial charge in [-0.1, -0.05) is 30.3 Å². The van der Waals surface area contributed by atoms with Crippen molar-refractivity contribution in [1.82, 2.24) is 15.2 Å². The van der Waals surface area contributed by atoms with Crippen LogP contribution in [0.3, 0.4) is 0 Å². The third kappa shape index (κ3) is 2.48. The molecule has 5 rings (SSSR count). The van der Waals surface area contributed by atoms with Crippen molar-refractivity contribution in [1.29, 1.82) is 0 Å². The lowest BCUT2D eigenvalue weighted by molar-refractivity contribution is 0.608. The highest BCUT2D eigenvalue weighted by Gasteiger charge is 2.21. The van der Waals surface area contributed by atoms with Gasteiger partial charge in [0, 0.05) is 30.1 Å². The Morgan fingerprint density at radius 2 is 1.60 bits per heavy atom. The summed E-state index contributed by atoms with van der Waals surface area (Å²) in [6.07, 6.45) is 3.06. The first kappa shape index (κ1) is 14.5. The van der Waals surface area contributed by atoms with E-state index in [0.29, 0.717) is 0 Å². The second-order valence-corrected chi connectivity index (χ2v) is 7.22. The molecule has 5 heteroatoms. The van der Waals surface area contributed by atoms with Gasteiger partial charge in [0.15, 0.2) is 5.82 Å². The molecule has 0 atom stereocenters. The summed E-state index contributed by atoms with van der Waals surface area (Å²) >= 11 is 1.71. The molecule has 122 valence electrons. The van der Waals surface area contributed by atoms with Crippen molar-refractivity contribution < 1.29 is 0 Å². The Bertz CT molecular complexity index is 1040. The highest BCUT2D eigenvalue weighted by atomic mass is 32.1. The molecule has 0 amide bonds. The Morgan fingerprint density at radius 1 is 0.800 bits per heavy atom. The summed E-state index contributed by atoms with van der Waals surface area (Å²) < 4.78 is 0. The van der Waals surface area contributed by atoms with Crippen LogP contribution in [0.2, 0.25) is 0 Å². The maximum absolute atomic E-state index is 4.59. The molecule has 1 aromatic carbocycles. The molecule has 1 aliphatic heterocycles. The number of pyridine rings is 1. The van der Waals surface area contributed by atoms with Gasteiger partial charge in [-0.25, -0.2) is 0 Å². The van der Waals surface area contributed by atoms with Gasteiger partial charge in [-0.15, -0.1) is 21.5 Å². The predicted molar refractivity (Wildman–Crippen MR) is 103 cm³/mol. The van der Waals surface area contributed by atoms with Gasteiger partial charge in [0.2, 0.25) is 0 Å². The summed E-state index contributed by atoms with van der Waals surface area (Å²) in [5.41, 5.74) is 1.94. The fourth-order valence-corrected chi connectivity index (χ4v) is 4.13.